The summed E-state index contributed by atoms with van der Waals surface area (Å²) in [6.45, 7) is 1.21. The van der Waals surface area contributed by atoms with E-state index in [4.69, 9.17) is 9.47 Å². The van der Waals surface area contributed by atoms with Crippen LogP contribution in [0.2, 0.25) is 0 Å². The second-order valence-electron chi connectivity index (χ2n) is 4.82. The van der Waals surface area contributed by atoms with Gasteiger partial charge in [-0.3, -0.25) is 4.79 Å². The van der Waals surface area contributed by atoms with Gasteiger partial charge in [0.05, 0.1) is 7.11 Å². The highest BCUT2D eigenvalue weighted by Crippen LogP contribution is 2.40. The van der Waals surface area contributed by atoms with E-state index in [1.54, 1.807) is 0 Å². The topological polar surface area (TPSA) is 93.1 Å². The standard InChI is InChI=1S/C14H16O6/c1-8(15)20-14(13(18)19-2)6-5-9-10(7-14)12(17)4-3-11(9)16/h3-4,16-17H,5-7H2,1-2H3. The highest BCUT2D eigenvalue weighted by molar-refractivity contribution is 5.84. The number of hydrogen-bond acceptors (Lipinski definition) is 6. The number of esters is 2. The summed E-state index contributed by atoms with van der Waals surface area (Å²) in [6.07, 6.45) is 0.482. The SMILES string of the molecule is COC(=O)C1(OC(C)=O)CCc2c(O)ccc(O)c2C1. The molecule has 0 radical (unpaired) electrons. The van der Waals surface area contributed by atoms with Crippen LogP contribution in [0, 0.1) is 0 Å². The van der Waals surface area contributed by atoms with Gasteiger partial charge in [-0.25, -0.2) is 4.79 Å². The van der Waals surface area contributed by atoms with Crippen LogP contribution in [0.4, 0.5) is 0 Å². The zero-order chi connectivity index (χ0) is 14.9. The van der Waals surface area contributed by atoms with Gasteiger partial charge in [0.15, 0.2) is 0 Å². The van der Waals surface area contributed by atoms with Crippen molar-refractivity contribution in [3.8, 4) is 11.5 Å². The van der Waals surface area contributed by atoms with Crippen LogP contribution in [0.5, 0.6) is 11.5 Å². The number of ether oxygens (including phenoxy) is 2. The first-order valence-corrected chi connectivity index (χ1v) is 6.20. The van der Waals surface area contributed by atoms with E-state index in [0.717, 1.165) is 0 Å². The Hall–Kier alpha value is -2.24. The Bertz CT molecular complexity index is 565. The molecule has 0 heterocycles. The molecule has 0 fully saturated rings. The van der Waals surface area contributed by atoms with Gasteiger partial charge >= 0.3 is 11.9 Å². The van der Waals surface area contributed by atoms with E-state index in [1.165, 1.54) is 26.2 Å². The molecule has 0 saturated heterocycles. The van der Waals surface area contributed by atoms with Crippen molar-refractivity contribution in [1.82, 2.24) is 0 Å². The minimum absolute atomic E-state index is 0.0190. The average molecular weight is 280 g/mol. The van der Waals surface area contributed by atoms with Crippen molar-refractivity contribution in [2.24, 2.45) is 0 Å². The quantitative estimate of drug-likeness (QED) is 0.621. The number of phenolic OH excluding ortho intramolecular Hbond substituents is 2. The number of carbonyl (C=O) groups excluding carboxylic acids is 2. The van der Waals surface area contributed by atoms with Crippen LogP contribution >= 0.6 is 0 Å². The van der Waals surface area contributed by atoms with E-state index in [2.05, 4.69) is 0 Å². The highest BCUT2D eigenvalue weighted by atomic mass is 16.6. The molecule has 0 bridgehead atoms. The van der Waals surface area contributed by atoms with Crippen LogP contribution in [0.1, 0.15) is 24.5 Å². The third kappa shape index (κ3) is 2.29. The Labute approximate surface area is 115 Å². The van der Waals surface area contributed by atoms with Crippen LogP contribution in [0.3, 0.4) is 0 Å². The van der Waals surface area contributed by atoms with Gasteiger partial charge in [0.1, 0.15) is 11.5 Å². The number of aromatic hydroxyl groups is 2. The zero-order valence-electron chi connectivity index (χ0n) is 11.3. The fourth-order valence-corrected chi connectivity index (χ4v) is 2.61. The molecule has 1 aromatic carbocycles. The molecule has 6 nitrogen and oxygen atoms in total. The predicted octanol–water partition coefficient (Wildman–Crippen LogP) is 1.06. The maximum atomic E-state index is 12.0. The summed E-state index contributed by atoms with van der Waals surface area (Å²) >= 11 is 0. The van der Waals surface area contributed by atoms with Gasteiger partial charge in [0.25, 0.3) is 0 Å². The number of methoxy groups -OCH3 is 1. The maximum absolute atomic E-state index is 12.0. The summed E-state index contributed by atoms with van der Waals surface area (Å²) < 4.78 is 9.90. The third-order valence-corrected chi connectivity index (χ3v) is 3.52. The first-order valence-electron chi connectivity index (χ1n) is 6.20. The molecule has 0 aromatic heterocycles. The van der Waals surface area contributed by atoms with Crippen molar-refractivity contribution >= 4 is 11.9 Å². The molecule has 1 unspecified atom stereocenters. The molecule has 2 N–H and O–H groups in total. The number of phenols is 2. The molecule has 6 heteroatoms. The molecule has 0 spiro atoms. The molecule has 1 aromatic rings. The lowest BCUT2D eigenvalue weighted by atomic mass is 9.79. The minimum Gasteiger partial charge on any atom is -0.508 e. The first-order chi connectivity index (χ1) is 9.39. The average Bonchev–Trinajstić information content (AvgIpc) is 2.41. The molecule has 1 aliphatic carbocycles. The van der Waals surface area contributed by atoms with Crippen LogP contribution < -0.4 is 0 Å². The summed E-state index contributed by atoms with van der Waals surface area (Å²) in [5.74, 6) is -1.25. The van der Waals surface area contributed by atoms with Crippen LogP contribution in [-0.2, 0) is 31.9 Å². The van der Waals surface area contributed by atoms with E-state index in [9.17, 15) is 19.8 Å². The number of rotatable bonds is 2. The largest absolute Gasteiger partial charge is 0.508 e. The van der Waals surface area contributed by atoms with E-state index >= 15 is 0 Å². The molecule has 1 atom stereocenters. The summed E-state index contributed by atoms with van der Waals surface area (Å²) in [4.78, 5) is 23.2. The number of benzene rings is 1. The van der Waals surface area contributed by atoms with Crippen molar-refractivity contribution in [3.63, 3.8) is 0 Å². The van der Waals surface area contributed by atoms with Crippen LogP contribution in [0.15, 0.2) is 12.1 Å². The molecule has 0 aliphatic heterocycles. The third-order valence-electron chi connectivity index (χ3n) is 3.52. The molecular weight excluding hydrogens is 264 g/mol. The highest BCUT2D eigenvalue weighted by Gasteiger charge is 2.47. The monoisotopic (exact) mass is 280 g/mol. The Morgan fingerprint density at radius 2 is 1.80 bits per heavy atom. The Balaban J connectivity index is 2.46. The summed E-state index contributed by atoms with van der Waals surface area (Å²) in [5, 5.41) is 19.7. The first kappa shape index (κ1) is 14.2. The number of carbonyl (C=O) groups is 2. The molecule has 20 heavy (non-hydrogen) atoms. The lowest BCUT2D eigenvalue weighted by Gasteiger charge is -2.35. The molecule has 108 valence electrons. The van der Waals surface area contributed by atoms with Crippen molar-refractivity contribution in [2.75, 3.05) is 7.11 Å². The van der Waals surface area contributed by atoms with E-state index < -0.39 is 17.5 Å². The molecule has 2 rings (SSSR count). The lowest BCUT2D eigenvalue weighted by molar-refractivity contribution is -0.181. The molecule has 1 aliphatic rings. The normalized spacial score (nSPS) is 20.9. The van der Waals surface area contributed by atoms with Gasteiger partial charge in [-0.05, 0) is 18.6 Å². The van der Waals surface area contributed by atoms with Gasteiger partial charge < -0.3 is 19.7 Å². The van der Waals surface area contributed by atoms with Crippen LogP contribution in [0.25, 0.3) is 0 Å². The van der Waals surface area contributed by atoms with Gasteiger partial charge in [0.2, 0.25) is 5.60 Å². The summed E-state index contributed by atoms with van der Waals surface area (Å²) in [7, 11) is 1.21. The second kappa shape index (κ2) is 5.03. The lowest BCUT2D eigenvalue weighted by Crippen LogP contribution is -2.48. The van der Waals surface area contributed by atoms with Crippen molar-refractivity contribution in [3.05, 3.63) is 23.3 Å². The Morgan fingerprint density at radius 3 is 2.35 bits per heavy atom. The van der Waals surface area contributed by atoms with E-state index in [1.807, 2.05) is 0 Å². The molecule has 0 saturated carbocycles. The molecule has 0 amide bonds. The Kier molecular flexibility index (Phi) is 3.57. The predicted molar refractivity (Wildman–Crippen MR) is 68.3 cm³/mol. The van der Waals surface area contributed by atoms with E-state index in [0.29, 0.717) is 17.5 Å². The smallest absolute Gasteiger partial charge is 0.350 e. The number of hydrogen-bond donors (Lipinski definition) is 2. The van der Waals surface area contributed by atoms with Gasteiger partial charge in [-0.1, -0.05) is 0 Å². The van der Waals surface area contributed by atoms with Gasteiger partial charge in [0, 0.05) is 30.9 Å². The summed E-state index contributed by atoms with van der Waals surface area (Å²) in [6, 6.07) is 2.74. The van der Waals surface area contributed by atoms with Gasteiger partial charge in [-0.15, -0.1) is 0 Å². The fourth-order valence-electron chi connectivity index (χ4n) is 2.61. The number of fused-ring (bicyclic) bond motifs is 1. The van der Waals surface area contributed by atoms with Crippen molar-refractivity contribution < 1.29 is 29.3 Å². The minimum atomic E-state index is -1.45. The molecular formula is C14H16O6. The Morgan fingerprint density at radius 1 is 1.20 bits per heavy atom. The second-order valence-corrected chi connectivity index (χ2v) is 4.82. The van der Waals surface area contributed by atoms with E-state index in [-0.39, 0.29) is 24.3 Å². The van der Waals surface area contributed by atoms with Crippen molar-refractivity contribution in [2.45, 2.75) is 31.8 Å². The van der Waals surface area contributed by atoms with Crippen LogP contribution in [-0.4, -0.2) is 34.9 Å². The summed E-state index contributed by atoms with van der Waals surface area (Å²) in [5.41, 5.74) is -0.474. The van der Waals surface area contributed by atoms with Crippen molar-refractivity contribution in [1.29, 1.82) is 0 Å². The zero-order valence-corrected chi connectivity index (χ0v) is 11.3. The maximum Gasteiger partial charge on any atom is 0.350 e. The van der Waals surface area contributed by atoms with Gasteiger partial charge in [-0.2, -0.15) is 0 Å². The fraction of sp³-hybridized carbons (Fsp3) is 0.429.